The van der Waals surface area contributed by atoms with Crippen LogP contribution in [0.4, 0.5) is 5.69 Å². The molecule has 0 unspecified atom stereocenters. The molecule has 3 aromatic rings. The third kappa shape index (κ3) is 7.75. The van der Waals surface area contributed by atoms with Crippen molar-refractivity contribution in [2.75, 3.05) is 17.4 Å². The Labute approximate surface area is 240 Å². The highest BCUT2D eigenvalue weighted by molar-refractivity contribution is 7.92. The average molecular weight is 591 g/mol. The number of aryl methyl sites for hydroxylation is 2. The zero-order valence-corrected chi connectivity index (χ0v) is 24.8. The Hall–Kier alpha value is -3.07. The minimum atomic E-state index is -4.15. The molecule has 39 heavy (non-hydrogen) atoms. The Morgan fingerprint density at radius 1 is 0.923 bits per heavy atom. The molecule has 0 radical (unpaired) electrons. The minimum absolute atomic E-state index is 0.0493. The summed E-state index contributed by atoms with van der Waals surface area (Å²) in [6.45, 7) is 7.20. The number of hydrogen-bond donors (Lipinski definition) is 1. The Bertz CT molecular complexity index is 1410. The second-order valence-electron chi connectivity index (χ2n) is 9.37. The first kappa shape index (κ1) is 30.5. The summed E-state index contributed by atoms with van der Waals surface area (Å²) in [5.74, 6) is -0.857. The Balaban J connectivity index is 2.05. The summed E-state index contributed by atoms with van der Waals surface area (Å²) in [4.78, 5) is 28.3. The molecule has 7 nitrogen and oxygen atoms in total. The molecule has 0 bridgehead atoms. The van der Waals surface area contributed by atoms with Gasteiger partial charge in [0.25, 0.3) is 10.0 Å². The van der Waals surface area contributed by atoms with Gasteiger partial charge in [0.1, 0.15) is 12.6 Å². The fraction of sp³-hybridized carbons (Fsp3) is 0.310. The topological polar surface area (TPSA) is 86.8 Å². The number of nitrogens with zero attached hydrogens (tertiary/aromatic N) is 2. The van der Waals surface area contributed by atoms with E-state index in [-0.39, 0.29) is 17.3 Å². The number of hydrogen-bond acceptors (Lipinski definition) is 4. The summed E-state index contributed by atoms with van der Waals surface area (Å²) < 4.78 is 28.9. The van der Waals surface area contributed by atoms with Gasteiger partial charge in [-0.1, -0.05) is 60.0 Å². The van der Waals surface area contributed by atoms with E-state index in [1.807, 2.05) is 13.8 Å². The first-order valence-corrected chi connectivity index (χ1v) is 14.8. The van der Waals surface area contributed by atoms with Crippen molar-refractivity contribution < 1.29 is 18.0 Å². The number of anilines is 1. The molecular formula is C29H33Cl2N3O4S. The van der Waals surface area contributed by atoms with Crippen LogP contribution in [0.25, 0.3) is 0 Å². The molecule has 2 amide bonds. The molecule has 0 aliphatic rings. The number of rotatable bonds is 11. The van der Waals surface area contributed by atoms with Crippen molar-refractivity contribution in [1.29, 1.82) is 0 Å². The fourth-order valence-corrected chi connectivity index (χ4v) is 5.85. The maximum atomic E-state index is 13.9. The van der Waals surface area contributed by atoms with Gasteiger partial charge in [-0.15, -0.1) is 0 Å². The van der Waals surface area contributed by atoms with Crippen LogP contribution in [0.5, 0.6) is 0 Å². The van der Waals surface area contributed by atoms with Crippen LogP contribution >= 0.6 is 23.2 Å². The second kappa shape index (κ2) is 13.3. The molecule has 208 valence electrons. The van der Waals surface area contributed by atoms with Gasteiger partial charge in [-0.2, -0.15) is 0 Å². The van der Waals surface area contributed by atoms with E-state index in [4.69, 9.17) is 23.2 Å². The fourth-order valence-electron chi connectivity index (χ4n) is 4.01. The van der Waals surface area contributed by atoms with Crippen molar-refractivity contribution in [3.05, 3.63) is 93.5 Å². The Morgan fingerprint density at radius 2 is 1.54 bits per heavy atom. The molecule has 0 aliphatic carbocycles. The van der Waals surface area contributed by atoms with Crippen molar-refractivity contribution in [3.8, 4) is 0 Å². The number of carbonyl (C=O) groups is 2. The molecule has 0 aliphatic heterocycles. The summed E-state index contributed by atoms with van der Waals surface area (Å²) in [6, 6.07) is 17.3. The summed E-state index contributed by atoms with van der Waals surface area (Å²) in [6.07, 6.45) is 0.738. The largest absolute Gasteiger partial charge is 0.354 e. The highest BCUT2D eigenvalue weighted by Gasteiger charge is 2.33. The van der Waals surface area contributed by atoms with Gasteiger partial charge < -0.3 is 10.2 Å². The lowest BCUT2D eigenvalue weighted by molar-refractivity contribution is -0.139. The van der Waals surface area contributed by atoms with Gasteiger partial charge in [0.2, 0.25) is 11.8 Å². The molecule has 0 fully saturated rings. The van der Waals surface area contributed by atoms with Crippen LogP contribution in [-0.2, 0) is 26.2 Å². The van der Waals surface area contributed by atoms with Crippen LogP contribution in [0.2, 0.25) is 10.0 Å². The average Bonchev–Trinajstić information content (AvgIpc) is 2.90. The van der Waals surface area contributed by atoms with Gasteiger partial charge in [-0.05, 0) is 80.8 Å². The highest BCUT2D eigenvalue weighted by Crippen LogP contribution is 2.29. The Morgan fingerprint density at radius 3 is 2.13 bits per heavy atom. The number of sulfonamides is 1. The molecule has 3 aromatic carbocycles. The van der Waals surface area contributed by atoms with Gasteiger partial charge in [0.05, 0.1) is 10.6 Å². The maximum Gasteiger partial charge on any atom is 0.264 e. The van der Waals surface area contributed by atoms with Crippen LogP contribution in [0.3, 0.4) is 0 Å². The quantitative estimate of drug-likeness (QED) is 0.308. The summed E-state index contributed by atoms with van der Waals surface area (Å²) in [5, 5.41) is 3.81. The molecular weight excluding hydrogens is 557 g/mol. The van der Waals surface area contributed by atoms with Crippen molar-refractivity contribution >= 4 is 50.7 Å². The van der Waals surface area contributed by atoms with Crippen LogP contribution in [0.15, 0.2) is 71.6 Å². The lowest BCUT2D eigenvalue weighted by Gasteiger charge is -2.32. The standard InChI is InChI=1S/C29H33Cl2N3O4S/c1-5-16-32-29(36)22(4)33(18-23-8-10-24(30)11-9-23)28(35)19-34(27-15-12-25(31)17-21(27)3)39(37,38)26-13-6-20(2)7-14-26/h6-15,17,22H,5,16,18-19H2,1-4H3,(H,32,36)/t22-/m0/s1. The monoisotopic (exact) mass is 589 g/mol. The van der Waals surface area contributed by atoms with E-state index in [1.165, 1.54) is 17.0 Å². The number of halogens is 2. The summed E-state index contributed by atoms with van der Waals surface area (Å²) in [7, 11) is -4.15. The third-order valence-corrected chi connectivity index (χ3v) is 8.56. The van der Waals surface area contributed by atoms with E-state index in [9.17, 15) is 18.0 Å². The van der Waals surface area contributed by atoms with Crippen molar-refractivity contribution in [2.24, 2.45) is 0 Å². The number of benzene rings is 3. The zero-order valence-electron chi connectivity index (χ0n) is 22.4. The zero-order chi connectivity index (χ0) is 28.7. The molecule has 1 N–H and O–H groups in total. The summed E-state index contributed by atoms with van der Waals surface area (Å²) >= 11 is 12.2. The molecule has 0 saturated heterocycles. The van der Waals surface area contributed by atoms with E-state index >= 15 is 0 Å². The van der Waals surface area contributed by atoms with Crippen molar-refractivity contribution in [3.63, 3.8) is 0 Å². The van der Waals surface area contributed by atoms with Crippen molar-refractivity contribution in [1.82, 2.24) is 10.2 Å². The van der Waals surface area contributed by atoms with Crippen molar-refractivity contribution in [2.45, 2.75) is 51.6 Å². The normalized spacial score (nSPS) is 12.1. The molecule has 0 saturated carbocycles. The van der Waals surface area contributed by atoms with Crippen LogP contribution < -0.4 is 9.62 Å². The summed E-state index contributed by atoms with van der Waals surface area (Å²) in [5.41, 5.74) is 2.56. The lowest BCUT2D eigenvalue weighted by Crippen LogP contribution is -2.51. The molecule has 1 atom stereocenters. The molecule has 10 heteroatoms. The van der Waals surface area contributed by atoms with E-state index in [0.29, 0.717) is 27.8 Å². The van der Waals surface area contributed by atoms with Gasteiger partial charge in [-0.25, -0.2) is 8.42 Å². The van der Waals surface area contributed by atoms with Crippen LogP contribution in [0.1, 0.15) is 37.0 Å². The van der Waals surface area contributed by atoms with E-state index in [2.05, 4.69) is 5.32 Å². The number of nitrogens with one attached hydrogen (secondary N) is 1. The van der Waals surface area contributed by atoms with E-state index in [0.717, 1.165) is 21.9 Å². The molecule has 3 rings (SSSR count). The smallest absolute Gasteiger partial charge is 0.264 e. The predicted octanol–water partition coefficient (Wildman–Crippen LogP) is 5.75. The minimum Gasteiger partial charge on any atom is -0.354 e. The SMILES string of the molecule is CCCNC(=O)[C@H](C)N(Cc1ccc(Cl)cc1)C(=O)CN(c1ccc(Cl)cc1C)S(=O)(=O)c1ccc(C)cc1. The lowest BCUT2D eigenvalue weighted by atomic mass is 10.1. The molecule has 0 heterocycles. The first-order valence-electron chi connectivity index (χ1n) is 12.6. The predicted molar refractivity (Wildman–Crippen MR) is 157 cm³/mol. The van der Waals surface area contributed by atoms with E-state index in [1.54, 1.807) is 68.4 Å². The van der Waals surface area contributed by atoms with Crippen LogP contribution in [-0.4, -0.2) is 44.3 Å². The second-order valence-corrected chi connectivity index (χ2v) is 12.1. The Kier molecular flexibility index (Phi) is 10.4. The van der Waals surface area contributed by atoms with Gasteiger partial charge in [0.15, 0.2) is 0 Å². The number of carbonyl (C=O) groups excluding carboxylic acids is 2. The highest BCUT2D eigenvalue weighted by atomic mass is 35.5. The van der Waals surface area contributed by atoms with Gasteiger partial charge >= 0.3 is 0 Å². The van der Waals surface area contributed by atoms with Gasteiger partial charge in [0, 0.05) is 23.1 Å². The van der Waals surface area contributed by atoms with E-state index < -0.39 is 28.5 Å². The number of amides is 2. The molecule has 0 aromatic heterocycles. The first-order chi connectivity index (χ1) is 18.4. The maximum absolute atomic E-state index is 13.9. The van der Waals surface area contributed by atoms with Crippen LogP contribution in [0, 0.1) is 13.8 Å². The molecule has 0 spiro atoms. The third-order valence-electron chi connectivity index (χ3n) is 6.30. The van der Waals surface area contributed by atoms with Gasteiger partial charge in [-0.3, -0.25) is 13.9 Å².